The van der Waals surface area contributed by atoms with Crippen molar-refractivity contribution in [1.82, 2.24) is 0 Å². The summed E-state index contributed by atoms with van der Waals surface area (Å²) in [4.78, 5) is 4.38. The first-order chi connectivity index (χ1) is 8.88. The van der Waals surface area contributed by atoms with Crippen molar-refractivity contribution in [2.75, 3.05) is 11.1 Å². The first kappa shape index (κ1) is 14.2. The largest absolute Gasteiger partial charge is 0.418 e. The van der Waals surface area contributed by atoms with Crippen molar-refractivity contribution in [3.63, 3.8) is 0 Å². The fourth-order valence-corrected chi connectivity index (χ4v) is 2.84. The first-order valence-electron chi connectivity index (χ1n) is 6.02. The van der Waals surface area contributed by atoms with E-state index in [1.807, 2.05) is 6.92 Å². The average Bonchev–Trinajstić information content (AvgIpc) is 2.33. The smallest absolute Gasteiger partial charge is 0.334 e. The van der Waals surface area contributed by atoms with Gasteiger partial charge in [-0.05, 0) is 25.0 Å². The Morgan fingerprint density at radius 3 is 2.58 bits per heavy atom. The highest BCUT2D eigenvalue weighted by molar-refractivity contribution is 8.14. The minimum absolute atomic E-state index is 0.0583. The molecule has 19 heavy (non-hydrogen) atoms. The summed E-state index contributed by atoms with van der Waals surface area (Å²) in [6, 6.07) is 5.59. The molecule has 1 aliphatic heterocycles. The highest BCUT2D eigenvalue weighted by Crippen LogP contribution is 2.35. The zero-order chi connectivity index (χ0) is 14.0. The molecular formula is C13H15F3N2S. The molecule has 1 N–H and O–H groups in total. The Morgan fingerprint density at radius 2 is 1.95 bits per heavy atom. The van der Waals surface area contributed by atoms with E-state index in [4.69, 9.17) is 0 Å². The summed E-state index contributed by atoms with van der Waals surface area (Å²) in [5, 5.41) is 3.36. The number of aliphatic imine (C=N–C) groups is 1. The number of nitrogens with zero attached hydrogens (tertiary/aromatic N) is 1. The number of nitrogens with one attached hydrogen (secondary N) is 1. The van der Waals surface area contributed by atoms with E-state index in [1.165, 1.54) is 23.9 Å². The van der Waals surface area contributed by atoms with Crippen molar-refractivity contribution in [1.29, 1.82) is 0 Å². The first-order valence-corrected chi connectivity index (χ1v) is 7.00. The van der Waals surface area contributed by atoms with E-state index in [1.54, 1.807) is 6.07 Å². The standard InChI is InChI=1S/C13H15F3N2S/c1-8-7-19-12(17-9(8)2)18-11-6-4-3-5-10(11)13(14,15)16/h3-6,8-9H,7H2,1-2H3,(H,17,18). The van der Waals surface area contributed by atoms with Gasteiger partial charge in [-0.25, -0.2) is 0 Å². The summed E-state index contributed by atoms with van der Waals surface area (Å²) in [5.74, 6) is 1.30. The zero-order valence-electron chi connectivity index (χ0n) is 10.7. The molecule has 1 aromatic carbocycles. The Hall–Kier alpha value is -1.17. The van der Waals surface area contributed by atoms with Gasteiger partial charge in [-0.1, -0.05) is 30.8 Å². The number of anilines is 1. The van der Waals surface area contributed by atoms with Gasteiger partial charge in [-0.15, -0.1) is 0 Å². The molecule has 0 aromatic heterocycles. The molecule has 0 bridgehead atoms. The van der Waals surface area contributed by atoms with Crippen LogP contribution in [-0.2, 0) is 6.18 Å². The fraction of sp³-hybridized carbons (Fsp3) is 0.462. The van der Waals surface area contributed by atoms with Gasteiger partial charge in [-0.2, -0.15) is 13.2 Å². The predicted octanol–water partition coefficient (Wildman–Crippen LogP) is 4.24. The summed E-state index contributed by atoms with van der Waals surface area (Å²) in [7, 11) is 0. The molecule has 2 atom stereocenters. The lowest BCUT2D eigenvalue weighted by atomic mass is 10.1. The van der Waals surface area contributed by atoms with Crippen LogP contribution in [0.3, 0.4) is 0 Å². The van der Waals surface area contributed by atoms with Gasteiger partial charge in [0, 0.05) is 5.75 Å². The number of benzene rings is 1. The summed E-state index contributed by atoms with van der Waals surface area (Å²) >= 11 is 1.46. The monoisotopic (exact) mass is 288 g/mol. The number of hydrogen-bond donors (Lipinski definition) is 1. The fourth-order valence-electron chi connectivity index (χ4n) is 1.72. The lowest BCUT2D eigenvalue weighted by molar-refractivity contribution is -0.136. The van der Waals surface area contributed by atoms with Crippen molar-refractivity contribution >= 4 is 22.6 Å². The highest BCUT2D eigenvalue weighted by atomic mass is 32.2. The maximum atomic E-state index is 12.9. The number of thioether (sulfide) groups is 1. The quantitative estimate of drug-likeness (QED) is 0.835. The molecule has 2 unspecified atom stereocenters. The molecule has 0 fully saturated rings. The molecule has 0 amide bonds. The molecule has 104 valence electrons. The van der Waals surface area contributed by atoms with Crippen LogP contribution in [0.15, 0.2) is 29.3 Å². The van der Waals surface area contributed by atoms with Gasteiger partial charge in [0.25, 0.3) is 0 Å². The second kappa shape index (κ2) is 5.45. The van der Waals surface area contributed by atoms with Crippen molar-refractivity contribution in [3.8, 4) is 0 Å². The van der Waals surface area contributed by atoms with Gasteiger partial charge < -0.3 is 5.32 Å². The maximum Gasteiger partial charge on any atom is 0.418 e. The van der Waals surface area contributed by atoms with E-state index < -0.39 is 11.7 Å². The number of para-hydroxylation sites is 1. The Kier molecular flexibility index (Phi) is 4.08. The van der Waals surface area contributed by atoms with Crippen molar-refractivity contribution in [2.45, 2.75) is 26.1 Å². The van der Waals surface area contributed by atoms with Gasteiger partial charge in [-0.3, -0.25) is 4.99 Å². The van der Waals surface area contributed by atoms with Crippen LogP contribution in [-0.4, -0.2) is 17.0 Å². The number of amidine groups is 1. The molecule has 0 radical (unpaired) electrons. The van der Waals surface area contributed by atoms with Crippen LogP contribution in [0.2, 0.25) is 0 Å². The minimum Gasteiger partial charge on any atom is -0.334 e. The molecule has 0 saturated heterocycles. The highest BCUT2D eigenvalue weighted by Gasteiger charge is 2.33. The van der Waals surface area contributed by atoms with E-state index in [0.717, 1.165) is 11.8 Å². The number of hydrogen-bond acceptors (Lipinski definition) is 3. The van der Waals surface area contributed by atoms with E-state index in [-0.39, 0.29) is 11.7 Å². The van der Waals surface area contributed by atoms with Gasteiger partial charge in [0.05, 0.1) is 17.3 Å². The summed E-state index contributed by atoms with van der Waals surface area (Å²) < 4.78 is 38.6. The second-order valence-electron chi connectivity index (χ2n) is 4.63. The van der Waals surface area contributed by atoms with Gasteiger partial charge in [0.1, 0.15) is 0 Å². The molecule has 6 heteroatoms. The Bertz CT molecular complexity index is 485. The molecule has 1 heterocycles. The van der Waals surface area contributed by atoms with Gasteiger partial charge in [0.15, 0.2) is 5.17 Å². The van der Waals surface area contributed by atoms with Crippen molar-refractivity contribution in [3.05, 3.63) is 29.8 Å². The van der Waals surface area contributed by atoms with Gasteiger partial charge >= 0.3 is 6.18 Å². The molecule has 2 rings (SSSR count). The lowest BCUT2D eigenvalue weighted by Gasteiger charge is -2.24. The number of alkyl halides is 3. The molecule has 1 aromatic rings. The molecule has 0 spiro atoms. The molecular weight excluding hydrogens is 273 g/mol. The van der Waals surface area contributed by atoms with Crippen LogP contribution >= 0.6 is 11.8 Å². The predicted molar refractivity (Wildman–Crippen MR) is 73.6 cm³/mol. The topological polar surface area (TPSA) is 24.4 Å². The third-order valence-corrected chi connectivity index (χ3v) is 4.27. The summed E-state index contributed by atoms with van der Waals surface area (Å²) in [6.45, 7) is 4.06. The normalized spacial score (nSPS) is 23.9. The van der Waals surface area contributed by atoms with Crippen LogP contribution in [0.4, 0.5) is 18.9 Å². The molecule has 0 saturated carbocycles. The second-order valence-corrected chi connectivity index (χ2v) is 5.64. The van der Waals surface area contributed by atoms with Crippen molar-refractivity contribution in [2.24, 2.45) is 10.9 Å². The molecule has 2 nitrogen and oxygen atoms in total. The van der Waals surface area contributed by atoms with Crippen LogP contribution in [0, 0.1) is 5.92 Å². The lowest BCUT2D eigenvalue weighted by Crippen LogP contribution is -2.25. The summed E-state index contributed by atoms with van der Waals surface area (Å²) in [5.41, 5.74) is -0.604. The Labute approximate surface area is 114 Å². The Balaban J connectivity index is 2.23. The molecule has 1 aliphatic rings. The number of rotatable bonds is 1. The molecule has 0 aliphatic carbocycles. The minimum atomic E-state index is -4.36. The van der Waals surface area contributed by atoms with E-state index >= 15 is 0 Å². The van der Waals surface area contributed by atoms with Crippen LogP contribution < -0.4 is 5.32 Å². The van der Waals surface area contributed by atoms with Gasteiger partial charge in [0.2, 0.25) is 0 Å². The maximum absolute atomic E-state index is 12.9. The average molecular weight is 288 g/mol. The van der Waals surface area contributed by atoms with E-state index in [2.05, 4.69) is 17.2 Å². The van der Waals surface area contributed by atoms with Crippen LogP contribution in [0.5, 0.6) is 0 Å². The van der Waals surface area contributed by atoms with Crippen molar-refractivity contribution < 1.29 is 13.2 Å². The van der Waals surface area contributed by atoms with Crippen LogP contribution in [0.25, 0.3) is 0 Å². The zero-order valence-corrected chi connectivity index (χ0v) is 11.5. The third-order valence-electron chi connectivity index (χ3n) is 3.10. The third kappa shape index (κ3) is 3.43. The number of halogens is 3. The van der Waals surface area contributed by atoms with E-state index in [9.17, 15) is 13.2 Å². The SMILES string of the molecule is CC1CSC(Nc2ccccc2C(F)(F)F)=NC1C. The summed E-state index contributed by atoms with van der Waals surface area (Å²) in [6.07, 6.45) is -4.36. The van der Waals surface area contributed by atoms with Crippen LogP contribution in [0.1, 0.15) is 19.4 Å². The Morgan fingerprint density at radius 1 is 1.26 bits per heavy atom. The van der Waals surface area contributed by atoms with E-state index in [0.29, 0.717) is 11.1 Å².